The maximum atomic E-state index is 12.6. The largest absolute Gasteiger partial charge is 0.454 e. The molecule has 1 saturated heterocycles. The number of carbonyl (C=O) groups excluding carboxylic acids is 4. The molecule has 2 N–H and O–H groups in total. The predicted octanol–water partition coefficient (Wildman–Crippen LogP) is 1.54. The monoisotopic (exact) mass is 417 g/mol. The van der Waals surface area contributed by atoms with Gasteiger partial charge in [0.25, 0.3) is 11.8 Å². The Hall–Kier alpha value is -3.30. The average molecular weight is 417 g/mol. The smallest absolute Gasteiger partial charge is 0.325 e. The van der Waals surface area contributed by atoms with Crippen LogP contribution in [0.3, 0.4) is 0 Å². The van der Waals surface area contributed by atoms with E-state index in [1.165, 1.54) is 6.92 Å². The maximum absolute atomic E-state index is 12.6. The number of amides is 4. The van der Waals surface area contributed by atoms with Gasteiger partial charge >= 0.3 is 12.0 Å². The molecule has 1 aliphatic carbocycles. The first kappa shape index (κ1) is 20.0. The highest BCUT2D eigenvalue weighted by Gasteiger charge is 2.52. The lowest BCUT2D eigenvalue weighted by molar-refractivity contribution is -0.153. The van der Waals surface area contributed by atoms with Crippen molar-refractivity contribution in [3.63, 3.8) is 0 Å². The van der Waals surface area contributed by atoms with Gasteiger partial charge in [-0.3, -0.25) is 19.3 Å². The fourth-order valence-corrected chi connectivity index (χ4v) is 3.93. The SMILES string of the molecule is C[C@H](OC(=O)CCN1C(=O)NC2(CCCC2)C1=O)C(=O)Nc1ccc2c(c1)OCO2. The Morgan fingerprint density at radius 1 is 1.23 bits per heavy atom. The lowest BCUT2D eigenvalue weighted by Gasteiger charge is -2.20. The molecule has 0 bridgehead atoms. The Morgan fingerprint density at radius 3 is 2.73 bits per heavy atom. The number of carbonyl (C=O) groups is 4. The summed E-state index contributed by atoms with van der Waals surface area (Å²) >= 11 is 0. The quantitative estimate of drug-likeness (QED) is 0.532. The molecule has 160 valence electrons. The van der Waals surface area contributed by atoms with Gasteiger partial charge in [0.15, 0.2) is 17.6 Å². The molecule has 1 atom stereocenters. The van der Waals surface area contributed by atoms with Gasteiger partial charge in [-0.1, -0.05) is 12.8 Å². The van der Waals surface area contributed by atoms with Crippen molar-refractivity contribution in [1.82, 2.24) is 10.2 Å². The molecule has 10 nitrogen and oxygen atoms in total. The molecule has 10 heteroatoms. The number of rotatable bonds is 6. The summed E-state index contributed by atoms with van der Waals surface area (Å²) < 4.78 is 15.6. The van der Waals surface area contributed by atoms with Gasteiger partial charge < -0.3 is 24.8 Å². The van der Waals surface area contributed by atoms with Crippen LogP contribution in [0.1, 0.15) is 39.0 Å². The van der Waals surface area contributed by atoms with Crippen LogP contribution in [0.15, 0.2) is 18.2 Å². The van der Waals surface area contributed by atoms with Crippen molar-refractivity contribution >= 4 is 29.5 Å². The predicted molar refractivity (Wildman–Crippen MR) is 103 cm³/mol. The lowest BCUT2D eigenvalue weighted by atomic mass is 9.98. The summed E-state index contributed by atoms with van der Waals surface area (Å²) in [7, 11) is 0. The van der Waals surface area contributed by atoms with Gasteiger partial charge in [0.2, 0.25) is 6.79 Å². The van der Waals surface area contributed by atoms with E-state index in [0.717, 1.165) is 17.7 Å². The molecule has 0 radical (unpaired) electrons. The van der Waals surface area contributed by atoms with E-state index >= 15 is 0 Å². The highest BCUT2D eigenvalue weighted by molar-refractivity contribution is 6.07. The molecule has 2 fully saturated rings. The average Bonchev–Trinajstić information content (AvgIpc) is 3.41. The van der Waals surface area contributed by atoms with Crippen molar-refractivity contribution in [3.8, 4) is 11.5 Å². The molecule has 30 heavy (non-hydrogen) atoms. The molecule has 1 saturated carbocycles. The van der Waals surface area contributed by atoms with Gasteiger partial charge in [-0.05, 0) is 31.9 Å². The van der Waals surface area contributed by atoms with Crippen LogP contribution in [-0.4, -0.2) is 53.7 Å². The number of nitrogens with zero attached hydrogens (tertiary/aromatic N) is 1. The number of anilines is 1. The van der Waals surface area contributed by atoms with Crippen LogP contribution in [0.25, 0.3) is 0 Å². The van der Waals surface area contributed by atoms with Crippen molar-refractivity contribution in [3.05, 3.63) is 18.2 Å². The molecule has 2 heterocycles. The number of hydrogen-bond donors (Lipinski definition) is 2. The second-order valence-electron chi connectivity index (χ2n) is 7.62. The summed E-state index contributed by atoms with van der Waals surface area (Å²) in [6.45, 7) is 1.49. The third-order valence-electron chi connectivity index (χ3n) is 5.56. The normalized spacial score (nSPS) is 19.7. The summed E-state index contributed by atoms with van der Waals surface area (Å²) in [5, 5.41) is 5.40. The van der Waals surface area contributed by atoms with Gasteiger partial charge in [-0.25, -0.2) is 4.79 Å². The number of fused-ring (bicyclic) bond motifs is 1. The zero-order valence-corrected chi connectivity index (χ0v) is 16.6. The molecular weight excluding hydrogens is 394 g/mol. The number of esters is 1. The van der Waals surface area contributed by atoms with Crippen molar-refractivity contribution in [2.45, 2.75) is 50.7 Å². The number of ether oxygens (including phenoxy) is 3. The van der Waals surface area contributed by atoms with Crippen LogP contribution >= 0.6 is 0 Å². The fourth-order valence-electron chi connectivity index (χ4n) is 3.93. The number of imide groups is 1. The Balaban J connectivity index is 1.26. The lowest BCUT2D eigenvalue weighted by Crippen LogP contribution is -2.44. The molecule has 4 rings (SSSR count). The van der Waals surface area contributed by atoms with Gasteiger partial charge in [-0.2, -0.15) is 0 Å². The van der Waals surface area contributed by atoms with E-state index in [0.29, 0.717) is 30.0 Å². The van der Waals surface area contributed by atoms with Crippen LogP contribution in [-0.2, 0) is 19.1 Å². The zero-order valence-electron chi connectivity index (χ0n) is 16.6. The van der Waals surface area contributed by atoms with Gasteiger partial charge in [0.05, 0.1) is 6.42 Å². The van der Waals surface area contributed by atoms with Gasteiger partial charge in [0, 0.05) is 18.3 Å². The Morgan fingerprint density at radius 2 is 1.97 bits per heavy atom. The zero-order chi connectivity index (χ0) is 21.3. The number of nitrogens with one attached hydrogen (secondary N) is 2. The van der Waals surface area contributed by atoms with Crippen LogP contribution in [0, 0.1) is 0 Å². The van der Waals surface area contributed by atoms with Crippen molar-refractivity contribution < 1.29 is 33.4 Å². The maximum Gasteiger partial charge on any atom is 0.325 e. The minimum atomic E-state index is -1.05. The van der Waals surface area contributed by atoms with E-state index < -0.39 is 29.6 Å². The Bertz CT molecular complexity index is 894. The summed E-state index contributed by atoms with van der Waals surface area (Å²) in [5.74, 6) is -0.358. The number of benzene rings is 1. The summed E-state index contributed by atoms with van der Waals surface area (Å²) in [6, 6.07) is 4.45. The molecule has 1 aromatic carbocycles. The molecular formula is C20H23N3O7. The van der Waals surface area contributed by atoms with E-state index in [-0.39, 0.29) is 25.7 Å². The second-order valence-corrected chi connectivity index (χ2v) is 7.62. The topological polar surface area (TPSA) is 123 Å². The molecule has 2 aliphatic heterocycles. The van der Waals surface area contributed by atoms with Gasteiger partial charge in [-0.15, -0.1) is 0 Å². The second kappa shape index (κ2) is 7.85. The molecule has 4 amide bonds. The Labute approximate surface area is 172 Å². The molecule has 1 spiro atoms. The summed E-state index contributed by atoms with van der Waals surface area (Å²) in [6.07, 6.45) is 1.78. The number of hydrogen-bond acceptors (Lipinski definition) is 7. The highest BCUT2D eigenvalue weighted by atomic mass is 16.7. The highest BCUT2D eigenvalue weighted by Crippen LogP contribution is 2.35. The third-order valence-corrected chi connectivity index (χ3v) is 5.56. The van der Waals surface area contributed by atoms with E-state index in [1.807, 2.05) is 0 Å². The first-order chi connectivity index (χ1) is 14.4. The number of urea groups is 1. The summed E-state index contributed by atoms with van der Waals surface area (Å²) in [4.78, 5) is 50.2. The van der Waals surface area contributed by atoms with Crippen LogP contribution in [0.5, 0.6) is 11.5 Å². The third kappa shape index (κ3) is 3.77. The molecule has 0 unspecified atom stereocenters. The van der Waals surface area contributed by atoms with Crippen molar-refractivity contribution in [2.75, 3.05) is 18.7 Å². The molecule has 0 aromatic heterocycles. The fraction of sp³-hybridized carbons (Fsp3) is 0.500. The minimum absolute atomic E-state index is 0.0816. The van der Waals surface area contributed by atoms with Crippen molar-refractivity contribution in [2.24, 2.45) is 0 Å². The van der Waals surface area contributed by atoms with Crippen LogP contribution in [0.2, 0.25) is 0 Å². The summed E-state index contributed by atoms with van der Waals surface area (Å²) in [5.41, 5.74) is -0.327. The van der Waals surface area contributed by atoms with Crippen molar-refractivity contribution in [1.29, 1.82) is 0 Å². The first-order valence-corrected chi connectivity index (χ1v) is 9.92. The van der Waals surface area contributed by atoms with Crippen LogP contribution in [0.4, 0.5) is 10.5 Å². The molecule has 3 aliphatic rings. The van der Waals surface area contributed by atoms with E-state index in [4.69, 9.17) is 14.2 Å². The molecule has 1 aromatic rings. The first-order valence-electron chi connectivity index (χ1n) is 9.92. The Kier molecular flexibility index (Phi) is 5.23. The van der Waals surface area contributed by atoms with Gasteiger partial charge in [0.1, 0.15) is 5.54 Å². The van der Waals surface area contributed by atoms with E-state index in [2.05, 4.69) is 10.6 Å². The minimum Gasteiger partial charge on any atom is -0.454 e. The van der Waals surface area contributed by atoms with E-state index in [9.17, 15) is 19.2 Å². The van der Waals surface area contributed by atoms with E-state index in [1.54, 1.807) is 18.2 Å². The standard InChI is InChI=1S/C20H23N3O7/c1-12(17(25)21-13-4-5-14-15(10-13)29-11-28-14)30-16(24)6-9-23-18(26)20(22-19(23)27)7-2-3-8-20/h4-5,10,12H,2-3,6-9,11H2,1H3,(H,21,25)(H,22,27)/t12-/m0/s1. The van der Waals surface area contributed by atoms with Crippen LogP contribution < -0.4 is 20.1 Å².